The Balaban J connectivity index is 1.53. The van der Waals surface area contributed by atoms with E-state index in [2.05, 4.69) is 0 Å². The first-order valence-electron chi connectivity index (χ1n) is 9.06. The average Bonchev–Trinajstić information content (AvgIpc) is 3.34. The first-order chi connectivity index (χ1) is 12.7. The Morgan fingerprint density at radius 3 is 2.65 bits per heavy atom. The third-order valence-corrected chi connectivity index (χ3v) is 4.77. The van der Waals surface area contributed by atoms with E-state index in [1.54, 1.807) is 11.2 Å². The monoisotopic (exact) mass is 357 g/mol. The van der Waals surface area contributed by atoms with Gasteiger partial charge >= 0.3 is 0 Å². The van der Waals surface area contributed by atoms with Gasteiger partial charge in [0.15, 0.2) is 11.5 Å². The minimum Gasteiger partial charge on any atom is -0.482 e. The fourth-order valence-corrected chi connectivity index (χ4v) is 3.43. The summed E-state index contributed by atoms with van der Waals surface area (Å²) in [5.41, 5.74) is 0. The molecule has 2 aromatic rings. The maximum absolute atomic E-state index is 13.3. The second kappa shape index (κ2) is 7.41. The van der Waals surface area contributed by atoms with Crippen molar-refractivity contribution in [3.8, 4) is 11.5 Å². The Morgan fingerprint density at radius 2 is 1.96 bits per heavy atom. The molecule has 3 atom stereocenters. The standard InChI is InChI=1S/C20H23NO5/c1-14-19(26-18-9-3-2-8-17(18)25-14)20(22)21(12-15-6-4-10-23-15)13-16-7-5-11-24-16/h2-4,6,8-10,14,16,19H,5,7,11-13H2,1H3/t14-,16-,19-/m0/s1. The Morgan fingerprint density at radius 1 is 1.15 bits per heavy atom. The predicted molar refractivity (Wildman–Crippen MR) is 94.0 cm³/mol. The van der Waals surface area contributed by atoms with Gasteiger partial charge in [0.05, 0.1) is 18.9 Å². The quantitative estimate of drug-likeness (QED) is 0.823. The molecule has 0 N–H and O–H groups in total. The van der Waals surface area contributed by atoms with E-state index < -0.39 is 6.10 Å². The summed E-state index contributed by atoms with van der Waals surface area (Å²) in [5.74, 6) is 1.89. The molecule has 1 amide bonds. The molecule has 0 bridgehead atoms. The van der Waals surface area contributed by atoms with Crippen LogP contribution in [0, 0.1) is 0 Å². The zero-order chi connectivity index (χ0) is 17.9. The topological polar surface area (TPSA) is 61.1 Å². The first-order valence-corrected chi connectivity index (χ1v) is 9.06. The zero-order valence-electron chi connectivity index (χ0n) is 14.8. The third-order valence-electron chi connectivity index (χ3n) is 4.77. The number of para-hydroxylation sites is 2. The van der Waals surface area contributed by atoms with Gasteiger partial charge in [0.25, 0.3) is 5.91 Å². The SMILES string of the molecule is C[C@@H]1Oc2ccccc2O[C@@H]1C(=O)N(Cc1ccco1)C[C@@H]1CCCO1. The van der Waals surface area contributed by atoms with Gasteiger partial charge in [-0.25, -0.2) is 0 Å². The molecule has 0 unspecified atom stereocenters. The van der Waals surface area contributed by atoms with Gasteiger partial charge < -0.3 is 23.5 Å². The van der Waals surface area contributed by atoms with Gasteiger partial charge in [-0.15, -0.1) is 0 Å². The van der Waals surface area contributed by atoms with Crippen LogP contribution in [0.2, 0.25) is 0 Å². The summed E-state index contributed by atoms with van der Waals surface area (Å²) < 4.78 is 23.0. The summed E-state index contributed by atoms with van der Waals surface area (Å²) in [4.78, 5) is 15.0. The Bertz CT molecular complexity index is 738. The number of carbonyl (C=O) groups is 1. The molecule has 1 saturated heterocycles. The van der Waals surface area contributed by atoms with Crippen LogP contribution in [0.25, 0.3) is 0 Å². The van der Waals surface area contributed by atoms with Crippen LogP contribution in [0.3, 0.4) is 0 Å². The average molecular weight is 357 g/mol. The highest BCUT2D eigenvalue weighted by atomic mass is 16.6. The number of rotatable bonds is 5. The van der Waals surface area contributed by atoms with E-state index in [4.69, 9.17) is 18.6 Å². The largest absolute Gasteiger partial charge is 0.482 e. The van der Waals surface area contributed by atoms with Crippen molar-refractivity contribution < 1.29 is 23.4 Å². The van der Waals surface area contributed by atoms with Crippen LogP contribution in [0.5, 0.6) is 11.5 Å². The number of hydrogen-bond donors (Lipinski definition) is 0. The molecule has 0 spiro atoms. The van der Waals surface area contributed by atoms with Crippen molar-refractivity contribution >= 4 is 5.91 Å². The van der Waals surface area contributed by atoms with Gasteiger partial charge in [0.1, 0.15) is 11.9 Å². The first kappa shape index (κ1) is 17.0. The second-order valence-corrected chi connectivity index (χ2v) is 6.74. The van der Waals surface area contributed by atoms with E-state index in [1.807, 2.05) is 43.3 Å². The number of fused-ring (bicyclic) bond motifs is 1. The van der Waals surface area contributed by atoms with Crippen molar-refractivity contribution in [2.24, 2.45) is 0 Å². The zero-order valence-corrected chi connectivity index (χ0v) is 14.8. The Hall–Kier alpha value is -2.47. The summed E-state index contributed by atoms with van der Waals surface area (Å²) >= 11 is 0. The lowest BCUT2D eigenvalue weighted by Gasteiger charge is -2.35. The van der Waals surface area contributed by atoms with E-state index in [0.29, 0.717) is 24.6 Å². The Labute approximate surface area is 152 Å². The van der Waals surface area contributed by atoms with Gasteiger partial charge in [-0.3, -0.25) is 4.79 Å². The fourth-order valence-electron chi connectivity index (χ4n) is 3.43. The molecule has 1 aromatic carbocycles. The maximum atomic E-state index is 13.3. The van der Waals surface area contributed by atoms with Crippen LogP contribution in [-0.4, -0.2) is 42.3 Å². The van der Waals surface area contributed by atoms with E-state index >= 15 is 0 Å². The molecule has 0 aliphatic carbocycles. The lowest BCUT2D eigenvalue weighted by Crippen LogP contribution is -2.51. The molecule has 1 aromatic heterocycles. The lowest BCUT2D eigenvalue weighted by molar-refractivity contribution is -0.147. The van der Waals surface area contributed by atoms with Crippen LogP contribution in [-0.2, 0) is 16.1 Å². The molecule has 6 nitrogen and oxygen atoms in total. The van der Waals surface area contributed by atoms with Crippen molar-refractivity contribution in [2.45, 2.75) is 44.6 Å². The Kier molecular flexibility index (Phi) is 4.84. The maximum Gasteiger partial charge on any atom is 0.268 e. The number of carbonyl (C=O) groups excluding carboxylic acids is 1. The van der Waals surface area contributed by atoms with Crippen molar-refractivity contribution in [3.05, 3.63) is 48.4 Å². The normalized spacial score (nSPS) is 24.4. The number of furan rings is 1. The highest BCUT2D eigenvalue weighted by Gasteiger charge is 2.38. The summed E-state index contributed by atoms with van der Waals surface area (Å²) in [6, 6.07) is 11.1. The second-order valence-electron chi connectivity index (χ2n) is 6.74. The lowest BCUT2D eigenvalue weighted by atomic mass is 10.1. The molecule has 2 aliphatic heterocycles. The number of nitrogens with zero attached hydrogens (tertiary/aromatic N) is 1. The van der Waals surface area contributed by atoms with Gasteiger partial charge in [-0.05, 0) is 44.0 Å². The molecular formula is C20H23NO5. The minimum absolute atomic E-state index is 0.0565. The third kappa shape index (κ3) is 3.55. The summed E-state index contributed by atoms with van der Waals surface area (Å²) in [6.45, 7) is 3.52. The molecule has 1 fully saturated rings. The predicted octanol–water partition coefficient (Wildman–Crippen LogP) is 3.02. The molecular weight excluding hydrogens is 334 g/mol. The van der Waals surface area contributed by atoms with Gasteiger partial charge in [0.2, 0.25) is 6.10 Å². The number of amides is 1. The van der Waals surface area contributed by atoms with Crippen LogP contribution < -0.4 is 9.47 Å². The molecule has 26 heavy (non-hydrogen) atoms. The van der Waals surface area contributed by atoms with Crippen molar-refractivity contribution in [1.82, 2.24) is 4.90 Å². The van der Waals surface area contributed by atoms with Gasteiger partial charge in [-0.2, -0.15) is 0 Å². The number of ether oxygens (including phenoxy) is 3. The molecule has 3 heterocycles. The molecule has 6 heteroatoms. The summed E-state index contributed by atoms with van der Waals surface area (Å²) in [6.07, 6.45) is 2.59. The van der Waals surface area contributed by atoms with Gasteiger partial charge in [-0.1, -0.05) is 12.1 Å². The van der Waals surface area contributed by atoms with Gasteiger partial charge in [0, 0.05) is 13.2 Å². The van der Waals surface area contributed by atoms with Crippen LogP contribution in [0.1, 0.15) is 25.5 Å². The highest BCUT2D eigenvalue weighted by molar-refractivity contribution is 5.82. The van der Waals surface area contributed by atoms with Crippen molar-refractivity contribution in [3.63, 3.8) is 0 Å². The van der Waals surface area contributed by atoms with E-state index in [9.17, 15) is 4.79 Å². The summed E-state index contributed by atoms with van der Waals surface area (Å²) in [5, 5.41) is 0. The van der Waals surface area contributed by atoms with Crippen molar-refractivity contribution in [2.75, 3.05) is 13.2 Å². The van der Waals surface area contributed by atoms with E-state index in [0.717, 1.165) is 25.2 Å². The molecule has 4 rings (SSSR count). The van der Waals surface area contributed by atoms with Crippen LogP contribution in [0.4, 0.5) is 0 Å². The highest BCUT2D eigenvalue weighted by Crippen LogP contribution is 2.34. The molecule has 138 valence electrons. The number of hydrogen-bond acceptors (Lipinski definition) is 5. The summed E-state index contributed by atoms with van der Waals surface area (Å²) in [7, 11) is 0. The van der Waals surface area contributed by atoms with E-state index in [-0.39, 0.29) is 18.1 Å². The number of benzene rings is 1. The minimum atomic E-state index is -0.693. The molecule has 0 saturated carbocycles. The fraction of sp³-hybridized carbons (Fsp3) is 0.450. The van der Waals surface area contributed by atoms with Crippen LogP contribution in [0.15, 0.2) is 47.1 Å². The van der Waals surface area contributed by atoms with Crippen molar-refractivity contribution in [1.29, 1.82) is 0 Å². The van der Waals surface area contributed by atoms with E-state index in [1.165, 1.54) is 0 Å². The van der Waals surface area contributed by atoms with Crippen LogP contribution >= 0.6 is 0 Å². The smallest absolute Gasteiger partial charge is 0.268 e. The molecule has 2 aliphatic rings. The molecule has 0 radical (unpaired) electrons.